The predicted molar refractivity (Wildman–Crippen MR) is 92.1 cm³/mol. The molecule has 25 heavy (non-hydrogen) atoms. The van der Waals surface area contributed by atoms with Crippen LogP contribution in [0.5, 0.6) is 0 Å². The second-order valence-electron chi connectivity index (χ2n) is 5.97. The number of ether oxygens (including phenoxy) is 1. The van der Waals surface area contributed by atoms with Gasteiger partial charge in [-0.1, -0.05) is 30.3 Å². The van der Waals surface area contributed by atoms with Gasteiger partial charge in [-0.25, -0.2) is 0 Å². The highest BCUT2D eigenvalue weighted by Gasteiger charge is 2.40. The number of nitrogens with zero attached hydrogens (tertiary/aromatic N) is 1. The fourth-order valence-electron chi connectivity index (χ4n) is 2.85. The number of pyridine rings is 1. The Kier molecular flexibility index (Phi) is 4.67. The summed E-state index contributed by atoms with van der Waals surface area (Å²) in [4.78, 5) is 40.8. The van der Waals surface area contributed by atoms with Crippen molar-refractivity contribution in [1.82, 2.24) is 9.88 Å². The quantitative estimate of drug-likeness (QED) is 0.878. The number of amides is 2. The van der Waals surface area contributed by atoms with E-state index >= 15 is 0 Å². The Morgan fingerprint density at radius 3 is 2.60 bits per heavy atom. The van der Waals surface area contributed by atoms with E-state index in [0.29, 0.717) is 5.69 Å². The van der Waals surface area contributed by atoms with Crippen molar-refractivity contribution in [3.8, 4) is 0 Å². The van der Waals surface area contributed by atoms with Crippen LogP contribution in [-0.4, -0.2) is 41.5 Å². The van der Waals surface area contributed by atoms with Gasteiger partial charge in [-0.2, -0.15) is 0 Å². The lowest BCUT2D eigenvalue weighted by Crippen LogP contribution is -2.51. The van der Waals surface area contributed by atoms with E-state index in [1.54, 1.807) is 26.1 Å². The summed E-state index contributed by atoms with van der Waals surface area (Å²) in [6.07, 6.45) is -0.911. The second-order valence-corrected chi connectivity index (χ2v) is 5.97. The SMILES string of the molecule is Cc1ccc(NC(=O)[C@@H]2OCC(=O)N(C)[C@H]2c2ccccc2)c(=O)[nH]1. The van der Waals surface area contributed by atoms with Crippen molar-refractivity contribution in [3.63, 3.8) is 0 Å². The lowest BCUT2D eigenvalue weighted by molar-refractivity contribution is -0.160. The Morgan fingerprint density at radius 1 is 1.20 bits per heavy atom. The number of anilines is 1. The first kappa shape index (κ1) is 16.9. The zero-order chi connectivity index (χ0) is 18.0. The van der Waals surface area contributed by atoms with Crippen molar-refractivity contribution in [3.05, 3.63) is 64.1 Å². The lowest BCUT2D eigenvalue weighted by Gasteiger charge is -2.38. The minimum atomic E-state index is -0.911. The van der Waals surface area contributed by atoms with E-state index in [0.717, 1.165) is 5.56 Å². The van der Waals surface area contributed by atoms with Crippen LogP contribution in [0.3, 0.4) is 0 Å². The molecule has 2 heterocycles. The topological polar surface area (TPSA) is 91.5 Å². The molecule has 0 aliphatic carbocycles. The van der Waals surface area contributed by atoms with Gasteiger partial charge in [-0.05, 0) is 24.6 Å². The standard InChI is InChI=1S/C18H19N3O4/c1-11-8-9-13(17(23)19-11)20-18(24)16-15(12-6-4-3-5-7-12)21(2)14(22)10-25-16/h3-9,15-16H,10H2,1-2H3,(H,19,23)(H,20,24)/t15-,16+/m0/s1. The number of hydrogen-bond acceptors (Lipinski definition) is 4. The van der Waals surface area contributed by atoms with Gasteiger partial charge in [0.15, 0.2) is 6.10 Å². The maximum atomic E-state index is 12.7. The zero-order valence-electron chi connectivity index (χ0n) is 14.0. The molecule has 1 aromatic heterocycles. The van der Waals surface area contributed by atoms with E-state index in [1.807, 2.05) is 30.3 Å². The van der Waals surface area contributed by atoms with Crippen LogP contribution in [0.25, 0.3) is 0 Å². The molecular weight excluding hydrogens is 322 g/mol. The molecule has 1 aliphatic heterocycles. The van der Waals surface area contributed by atoms with Crippen LogP contribution in [0.1, 0.15) is 17.3 Å². The molecule has 1 aliphatic rings. The molecule has 0 spiro atoms. The molecule has 7 nitrogen and oxygen atoms in total. The number of aromatic amines is 1. The number of rotatable bonds is 3. The number of benzene rings is 1. The zero-order valence-corrected chi connectivity index (χ0v) is 14.0. The van der Waals surface area contributed by atoms with Crippen LogP contribution in [0.4, 0.5) is 5.69 Å². The Bertz CT molecular complexity index is 847. The number of nitrogens with one attached hydrogen (secondary N) is 2. The first-order valence-corrected chi connectivity index (χ1v) is 7.90. The van der Waals surface area contributed by atoms with Gasteiger partial charge in [0.2, 0.25) is 5.91 Å². The molecule has 1 aromatic carbocycles. The fraction of sp³-hybridized carbons (Fsp3) is 0.278. The summed E-state index contributed by atoms with van der Waals surface area (Å²) in [5.41, 5.74) is 1.25. The van der Waals surface area contributed by atoms with Crippen molar-refractivity contribution in [2.45, 2.75) is 19.1 Å². The number of hydrogen-bond donors (Lipinski definition) is 2. The van der Waals surface area contributed by atoms with E-state index in [1.165, 1.54) is 4.90 Å². The number of carbonyl (C=O) groups excluding carboxylic acids is 2. The van der Waals surface area contributed by atoms with Crippen molar-refractivity contribution < 1.29 is 14.3 Å². The second kappa shape index (κ2) is 6.90. The molecule has 2 amide bonds. The first-order chi connectivity index (χ1) is 12.0. The fourth-order valence-corrected chi connectivity index (χ4v) is 2.85. The summed E-state index contributed by atoms with van der Waals surface area (Å²) >= 11 is 0. The van der Waals surface area contributed by atoms with E-state index < -0.39 is 18.1 Å². The van der Waals surface area contributed by atoms with Gasteiger partial charge in [0.25, 0.3) is 11.5 Å². The van der Waals surface area contributed by atoms with Crippen molar-refractivity contribution in [1.29, 1.82) is 0 Å². The molecule has 0 bridgehead atoms. The summed E-state index contributed by atoms with van der Waals surface area (Å²) < 4.78 is 5.51. The summed E-state index contributed by atoms with van der Waals surface area (Å²) in [5.74, 6) is -0.673. The minimum absolute atomic E-state index is 0.144. The predicted octanol–water partition coefficient (Wildman–Crippen LogP) is 1.22. The first-order valence-electron chi connectivity index (χ1n) is 7.90. The number of aromatic nitrogens is 1. The molecule has 7 heteroatoms. The van der Waals surface area contributed by atoms with Crippen molar-refractivity contribution in [2.24, 2.45) is 0 Å². The highest BCUT2D eigenvalue weighted by Crippen LogP contribution is 2.29. The maximum absolute atomic E-state index is 12.7. The van der Waals surface area contributed by atoms with Gasteiger partial charge in [-0.15, -0.1) is 0 Å². The molecule has 0 unspecified atom stereocenters. The summed E-state index contributed by atoms with van der Waals surface area (Å²) in [7, 11) is 1.64. The third-order valence-corrected chi connectivity index (χ3v) is 4.20. The van der Waals surface area contributed by atoms with Crippen molar-refractivity contribution >= 4 is 17.5 Å². The van der Waals surface area contributed by atoms with E-state index in [9.17, 15) is 14.4 Å². The number of H-pyrrole nitrogens is 1. The molecule has 1 saturated heterocycles. The van der Waals surface area contributed by atoms with Gasteiger partial charge < -0.3 is 19.9 Å². The van der Waals surface area contributed by atoms with Gasteiger partial charge in [0.1, 0.15) is 12.3 Å². The van der Waals surface area contributed by atoms with Gasteiger partial charge in [0, 0.05) is 12.7 Å². The van der Waals surface area contributed by atoms with Crippen LogP contribution in [0.15, 0.2) is 47.3 Å². The number of morpholine rings is 1. The molecule has 1 fully saturated rings. The summed E-state index contributed by atoms with van der Waals surface area (Å²) in [6.45, 7) is 1.57. The van der Waals surface area contributed by atoms with Gasteiger partial charge >= 0.3 is 0 Å². The monoisotopic (exact) mass is 341 g/mol. The third kappa shape index (κ3) is 3.46. The van der Waals surface area contributed by atoms with Gasteiger partial charge in [-0.3, -0.25) is 14.4 Å². The molecule has 0 saturated carbocycles. The van der Waals surface area contributed by atoms with Crippen LogP contribution >= 0.6 is 0 Å². The van der Waals surface area contributed by atoms with E-state index in [-0.39, 0.29) is 23.8 Å². The van der Waals surface area contributed by atoms with Crippen LogP contribution in [-0.2, 0) is 14.3 Å². The smallest absolute Gasteiger partial charge is 0.271 e. The number of aryl methyl sites for hydroxylation is 1. The lowest BCUT2D eigenvalue weighted by atomic mass is 9.97. The molecule has 2 N–H and O–H groups in total. The van der Waals surface area contributed by atoms with Crippen LogP contribution in [0, 0.1) is 6.92 Å². The number of carbonyl (C=O) groups is 2. The van der Waals surface area contributed by atoms with Crippen LogP contribution in [0.2, 0.25) is 0 Å². The molecule has 0 radical (unpaired) electrons. The molecular formula is C18H19N3O4. The van der Waals surface area contributed by atoms with Crippen LogP contribution < -0.4 is 10.9 Å². The molecule has 3 rings (SSSR count). The Morgan fingerprint density at radius 2 is 1.92 bits per heavy atom. The maximum Gasteiger partial charge on any atom is 0.271 e. The molecule has 2 aromatic rings. The minimum Gasteiger partial charge on any atom is -0.356 e. The highest BCUT2D eigenvalue weighted by atomic mass is 16.5. The highest BCUT2D eigenvalue weighted by molar-refractivity contribution is 5.96. The normalized spacial score (nSPS) is 20.4. The largest absolute Gasteiger partial charge is 0.356 e. The Balaban J connectivity index is 1.88. The Hall–Kier alpha value is -2.93. The average Bonchev–Trinajstić information content (AvgIpc) is 2.60. The summed E-state index contributed by atoms with van der Waals surface area (Å²) in [6, 6.07) is 11.9. The van der Waals surface area contributed by atoms with Gasteiger partial charge in [0.05, 0.1) is 6.04 Å². The molecule has 2 atom stereocenters. The third-order valence-electron chi connectivity index (χ3n) is 4.20. The average molecular weight is 341 g/mol. The Labute approximate surface area is 144 Å². The summed E-state index contributed by atoms with van der Waals surface area (Å²) in [5, 5.41) is 2.60. The van der Waals surface area contributed by atoms with E-state index in [2.05, 4.69) is 10.3 Å². The number of likely N-dealkylation sites (N-methyl/N-ethyl adjacent to an activating group) is 1. The van der Waals surface area contributed by atoms with E-state index in [4.69, 9.17) is 4.74 Å². The van der Waals surface area contributed by atoms with Crippen molar-refractivity contribution in [2.75, 3.05) is 19.0 Å². The molecule has 130 valence electrons.